The molecule has 2 aliphatic rings. The van der Waals surface area contributed by atoms with Gasteiger partial charge >= 0.3 is 0 Å². The number of nitrogens with zero attached hydrogens (tertiary/aromatic N) is 2. The van der Waals surface area contributed by atoms with Crippen molar-refractivity contribution in [3.8, 4) is 11.5 Å². The number of phenolic OH excluding ortho intramolecular Hbond substituents is 1. The van der Waals surface area contributed by atoms with Crippen LogP contribution in [0.4, 0.5) is 0 Å². The highest BCUT2D eigenvalue weighted by Gasteiger charge is 2.30. The Labute approximate surface area is 199 Å². The number of aliphatic imine (C=N–C) groups is 1. The van der Waals surface area contributed by atoms with Crippen LogP contribution in [0.3, 0.4) is 0 Å². The lowest BCUT2D eigenvalue weighted by Gasteiger charge is -2.22. The van der Waals surface area contributed by atoms with E-state index >= 15 is 0 Å². The van der Waals surface area contributed by atoms with Gasteiger partial charge in [-0.05, 0) is 61.3 Å². The quantitative estimate of drug-likeness (QED) is 0.564. The van der Waals surface area contributed by atoms with Gasteiger partial charge in [0.25, 0.3) is 0 Å². The maximum Gasteiger partial charge on any atom is 0.120 e. The third kappa shape index (κ3) is 5.65. The molecular formula is C21H25Cl4N3O2. The van der Waals surface area contributed by atoms with Crippen molar-refractivity contribution in [1.82, 2.24) is 10.2 Å². The topological polar surface area (TPSA) is 57.1 Å². The SMILES string of the molecule is Cl.Cl.Oc1ccc([C@@H]2NC=N[C@@H]2c2ccc(OCCN3CCCC3)cc2Cl)c(Cl)c1. The Hall–Kier alpha value is -1.37. The summed E-state index contributed by atoms with van der Waals surface area (Å²) in [5.74, 6) is 0.903. The van der Waals surface area contributed by atoms with Crippen LogP contribution >= 0.6 is 48.0 Å². The van der Waals surface area contributed by atoms with Gasteiger partial charge in [-0.25, -0.2) is 0 Å². The summed E-state index contributed by atoms with van der Waals surface area (Å²) in [5, 5.41) is 13.9. The molecule has 0 aromatic heterocycles. The minimum absolute atomic E-state index is 0. The lowest BCUT2D eigenvalue weighted by Crippen LogP contribution is -2.25. The Morgan fingerprint density at radius 3 is 2.43 bits per heavy atom. The highest BCUT2D eigenvalue weighted by molar-refractivity contribution is 6.32. The summed E-state index contributed by atoms with van der Waals surface area (Å²) in [7, 11) is 0. The van der Waals surface area contributed by atoms with Crippen molar-refractivity contribution < 1.29 is 9.84 Å². The number of halogens is 4. The predicted octanol–water partition coefficient (Wildman–Crippen LogP) is 5.43. The van der Waals surface area contributed by atoms with E-state index in [0.717, 1.165) is 36.5 Å². The molecule has 2 N–H and O–H groups in total. The molecule has 30 heavy (non-hydrogen) atoms. The summed E-state index contributed by atoms with van der Waals surface area (Å²) in [6.07, 6.45) is 4.24. The molecule has 2 aromatic rings. The van der Waals surface area contributed by atoms with Crippen LogP contribution in [0.2, 0.25) is 10.0 Å². The smallest absolute Gasteiger partial charge is 0.120 e. The first-order valence-corrected chi connectivity index (χ1v) is 10.3. The lowest BCUT2D eigenvalue weighted by molar-refractivity contribution is 0.237. The molecule has 0 unspecified atom stereocenters. The second kappa shape index (κ2) is 11.3. The number of nitrogens with one attached hydrogen (secondary N) is 1. The van der Waals surface area contributed by atoms with Gasteiger partial charge in [-0.2, -0.15) is 0 Å². The first-order chi connectivity index (χ1) is 13.6. The fraction of sp³-hybridized carbons (Fsp3) is 0.381. The number of aromatic hydroxyl groups is 1. The van der Waals surface area contributed by atoms with Gasteiger partial charge < -0.3 is 15.2 Å². The number of hydrogen-bond donors (Lipinski definition) is 2. The first-order valence-electron chi connectivity index (χ1n) is 9.52. The third-order valence-electron chi connectivity index (χ3n) is 5.29. The summed E-state index contributed by atoms with van der Waals surface area (Å²) in [6.45, 7) is 3.93. The van der Waals surface area contributed by atoms with Gasteiger partial charge in [0, 0.05) is 16.6 Å². The monoisotopic (exact) mass is 491 g/mol. The van der Waals surface area contributed by atoms with Crippen molar-refractivity contribution in [3.05, 3.63) is 57.6 Å². The molecule has 0 bridgehead atoms. The van der Waals surface area contributed by atoms with E-state index in [2.05, 4.69) is 15.2 Å². The maximum absolute atomic E-state index is 9.60. The van der Waals surface area contributed by atoms with E-state index in [0.29, 0.717) is 16.7 Å². The summed E-state index contributed by atoms with van der Waals surface area (Å²) in [6, 6.07) is 10.4. The molecule has 5 nitrogen and oxygen atoms in total. The van der Waals surface area contributed by atoms with Gasteiger partial charge in [-0.15, -0.1) is 24.8 Å². The molecule has 2 aromatic carbocycles. The Balaban J connectivity index is 0.00000160. The predicted molar refractivity (Wildman–Crippen MR) is 127 cm³/mol. The van der Waals surface area contributed by atoms with Crippen molar-refractivity contribution in [3.63, 3.8) is 0 Å². The molecule has 2 heterocycles. The average molecular weight is 493 g/mol. The van der Waals surface area contributed by atoms with E-state index < -0.39 is 0 Å². The van der Waals surface area contributed by atoms with Gasteiger partial charge in [0.05, 0.1) is 12.4 Å². The van der Waals surface area contributed by atoms with Crippen LogP contribution in [-0.2, 0) is 0 Å². The van der Waals surface area contributed by atoms with Crippen LogP contribution in [0, 0.1) is 0 Å². The van der Waals surface area contributed by atoms with Crippen molar-refractivity contribution >= 4 is 54.4 Å². The van der Waals surface area contributed by atoms with Crippen molar-refractivity contribution in [2.24, 2.45) is 4.99 Å². The number of rotatable bonds is 6. The molecule has 1 saturated heterocycles. The van der Waals surface area contributed by atoms with Crippen molar-refractivity contribution in [2.45, 2.75) is 24.9 Å². The van der Waals surface area contributed by atoms with E-state index in [-0.39, 0.29) is 42.6 Å². The second-order valence-corrected chi connectivity index (χ2v) is 7.97. The zero-order chi connectivity index (χ0) is 19.5. The number of ether oxygens (including phenoxy) is 1. The standard InChI is InChI=1S/C21H23Cl2N3O2.2ClH/c22-18-11-14(27)3-5-16(18)20-21(25-13-24-20)17-6-4-15(12-19(17)23)28-10-9-26-7-1-2-8-26;;/h3-6,11-13,20-21,27H,1-2,7-10H2,(H,24,25);2*1H/t20-,21+;;/m0../s1. The summed E-state index contributed by atoms with van der Waals surface area (Å²) in [5.41, 5.74) is 1.77. The molecule has 164 valence electrons. The van der Waals surface area contributed by atoms with Crippen molar-refractivity contribution in [1.29, 1.82) is 0 Å². The van der Waals surface area contributed by atoms with Crippen molar-refractivity contribution in [2.75, 3.05) is 26.2 Å². The van der Waals surface area contributed by atoms with Crippen LogP contribution in [0.5, 0.6) is 11.5 Å². The molecule has 0 amide bonds. The van der Waals surface area contributed by atoms with E-state index in [1.54, 1.807) is 18.5 Å². The normalized spacial score (nSPS) is 20.3. The molecule has 4 rings (SSSR count). The van der Waals surface area contributed by atoms with Crippen LogP contribution in [-0.4, -0.2) is 42.6 Å². The fourth-order valence-electron chi connectivity index (χ4n) is 3.81. The van der Waals surface area contributed by atoms with E-state index in [4.69, 9.17) is 27.9 Å². The molecule has 1 fully saturated rings. The molecular weight excluding hydrogens is 468 g/mol. The summed E-state index contributed by atoms with van der Waals surface area (Å²) in [4.78, 5) is 6.96. The zero-order valence-electron chi connectivity index (χ0n) is 16.3. The Bertz CT molecular complexity index is 875. The Morgan fingerprint density at radius 2 is 1.73 bits per heavy atom. The summed E-state index contributed by atoms with van der Waals surface area (Å²) < 4.78 is 5.88. The number of benzene rings is 2. The van der Waals surface area contributed by atoms with Gasteiger partial charge in [0.1, 0.15) is 24.1 Å². The minimum Gasteiger partial charge on any atom is -0.508 e. The maximum atomic E-state index is 9.60. The number of hydrogen-bond acceptors (Lipinski definition) is 5. The fourth-order valence-corrected chi connectivity index (χ4v) is 4.38. The van der Waals surface area contributed by atoms with Crippen LogP contribution in [0.15, 0.2) is 41.4 Å². The van der Waals surface area contributed by atoms with Gasteiger partial charge in [-0.1, -0.05) is 35.3 Å². The van der Waals surface area contributed by atoms with Crippen LogP contribution in [0.25, 0.3) is 0 Å². The largest absolute Gasteiger partial charge is 0.508 e. The molecule has 2 aliphatic heterocycles. The highest BCUT2D eigenvalue weighted by atomic mass is 35.5. The second-order valence-electron chi connectivity index (χ2n) is 7.15. The van der Waals surface area contributed by atoms with E-state index in [1.165, 1.54) is 18.9 Å². The molecule has 9 heteroatoms. The zero-order valence-corrected chi connectivity index (χ0v) is 19.4. The minimum atomic E-state index is -0.201. The summed E-state index contributed by atoms with van der Waals surface area (Å²) >= 11 is 12.9. The van der Waals surface area contributed by atoms with Gasteiger partial charge in [0.15, 0.2) is 0 Å². The van der Waals surface area contributed by atoms with Crippen LogP contribution in [0.1, 0.15) is 36.1 Å². The molecule has 0 aliphatic carbocycles. The van der Waals surface area contributed by atoms with E-state index in [1.807, 2.05) is 18.2 Å². The van der Waals surface area contributed by atoms with Gasteiger partial charge in [-0.3, -0.25) is 9.89 Å². The number of likely N-dealkylation sites (tertiary alicyclic amines) is 1. The molecule has 0 saturated carbocycles. The van der Waals surface area contributed by atoms with E-state index in [9.17, 15) is 5.11 Å². The average Bonchev–Trinajstić information content (AvgIpc) is 3.34. The Kier molecular flexibility index (Phi) is 9.38. The first kappa shape index (κ1) is 24.9. The van der Waals surface area contributed by atoms with Crippen LogP contribution < -0.4 is 10.1 Å². The number of phenols is 1. The lowest BCUT2D eigenvalue weighted by atomic mass is 9.94. The highest BCUT2D eigenvalue weighted by Crippen LogP contribution is 2.41. The third-order valence-corrected chi connectivity index (χ3v) is 5.94. The molecule has 2 atom stereocenters. The Morgan fingerprint density at radius 1 is 1.03 bits per heavy atom. The van der Waals surface area contributed by atoms with Gasteiger partial charge in [0.2, 0.25) is 0 Å². The molecule has 0 spiro atoms. The molecule has 0 radical (unpaired) electrons.